The first kappa shape index (κ1) is 20.3. The number of hydrogen-bond acceptors (Lipinski definition) is 6. The maximum absolute atomic E-state index is 13.0. The Kier molecular flexibility index (Phi) is 5.63. The number of nitrogens with zero attached hydrogens (tertiary/aromatic N) is 1. The lowest BCUT2D eigenvalue weighted by molar-refractivity contribution is 0.103. The molecule has 148 valence electrons. The molecule has 0 saturated heterocycles. The fraction of sp³-hybridized carbons (Fsp3) is 0.286. The molecule has 1 aliphatic rings. The molecule has 0 aliphatic heterocycles. The lowest BCUT2D eigenvalue weighted by atomic mass is 9.85. The van der Waals surface area contributed by atoms with Gasteiger partial charge in [0.05, 0.1) is 21.5 Å². The number of carbonyl (C=O) groups excluding carboxylic acids is 1. The molecule has 0 spiro atoms. The average Bonchev–Trinajstić information content (AvgIpc) is 3.04. The molecular formula is C21H17ClN2O2S3. The van der Waals surface area contributed by atoms with E-state index in [2.05, 4.69) is 18.3 Å². The van der Waals surface area contributed by atoms with Crippen molar-refractivity contribution >= 4 is 67.5 Å². The van der Waals surface area contributed by atoms with Crippen LogP contribution in [0.25, 0.3) is 10.1 Å². The highest BCUT2D eigenvalue weighted by Gasteiger charge is 2.25. The van der Waals surface area contributed by atoms with E-state index in [1.54, 1.807) is 7.11 Å². The van der Waals surface area contributed by atoms with E-state index >= 15 is 0 Å². The van der Waals surface area contributed by atoms with E-state index in [4.69, 9.17) is 28.6 Å². The van der Waals surface area contributed by atoms with Crippen molar-refractivity contribution in [3.05, 3.63) is 48.6 Å². The zero-order valence-corrected chi connectivity index (χ0v) is 19.0. The van der Waals surface area contributed by atoms with Crippen LogP contribution in [0.4, 0.5) is 5.00 Å². The van der Waals surface area contributed by atoms with Gasteiger partial charge in [-0.1, -0.05) is 30.7 Å². The lowest BCUT2D eigenvalue weighted by Crippen LogP contribution is -2.16. The van der Waals surface area contributed by atoms with Crippen LogP contribution in [0, 0.1) is 21.1 Å². The SMILES string of the molecule is COc1ccc2sc(C(=O)Nc3sc(=S)c4c(c3C#N)CCC(C)C4)c(Cl)c2c1. The smallest absolute Gasteiger partial charge is 0.267 e. The monoisotopic (exact) mass is 460 g/mol. The van der Waals surface area contributed by atoms with Crippen molar-refractivity contribution < 1.29 is 9.53 Å². The van der Waals surface area contributed by atoms with Gasteiger partial charge in [-0.3, -0.25) is 4.79 Å². The average molecular weight is 461 g/mol. The van der Waals surface area contributed by atoms with Gasteiger partial charge in [-0.15, -0.1) is 22.7 Å². The van der Waals surface area contributed by atoms with Crippen LogP contribution in [0.2, 0.25) is 5.02 Å². The summed E-state index contributed by atoms with van der Waals surface area (Å²) in [6.07, 6.45) is 2.71. The molecule has 0 radical (unpaired) electrons. The molecule has 4 rings (SSSR count). The van der Waals surface area contributed by atoms with Crippen LogP contribution >= 0.6 is 46.5 Å². The number of fused-ring (bicyclic) bond motifs is 2. The van der Waals surface area contributed by atoms with Gasteiger partial charge in [0.2, 0.25) is 0 Å². The molecule has 2 aromatic heterocycles. The van der Waals surface area contributed by atoms with Crippen LogP contribution in [-0.4, -0.2) is 13.0 Å². The summed E-state index contributed by atoms with van der Waals surface area (Å²) in [5, 5.41) is 14.3. The second kappa shape index (κ2) is 8.04. The van der Waals surface area contributed by atoms with Gasteiger partial charge in [0, 0.05) is 10.1 Å². The number of methoxy groups -OCH3 is 1. The summed E-state index contributed by atoms with van der Waals surface area (Å²) in [4.78, 5) is 13.4. The first-order valence-electron chi connectivity index (χ1n) is 9.09. The number of hydrogen-bond donors (Lipinski definition) is 1. The lowest BCUT2D eigenvalue weighted by Gasteiger charge is -2.23. The van der Waals surface area contributed by atoms with Crippen LogP contribution in [0.15, 0.2) is 18.2 Å². The maximum atomic E-state index is 13.0. The summed E-state index contributed by atoms with van der Waals surface area (Å²) in [5.74, 6) is 0.900. The molecule has 29 heavy (non-hydrogen) atoms. The van der Waals surface area contributed by atoms with Crippen LogP contribution in [0.3, 0.4) is 0 Å². The molecule has 1 N–H and O–H groups in total. The summed E-state index contributed by atoms with van der Waals surface area (Å²) in [6, 6.07) is 7.81. The first-order chi connectivity index (χ1) is 13.9. The van der Waals surface area contributed by atoms with Crippen molar-refractivity contribution in [3.63, 3.8) is 0 Å². The van der Waals surface area contributed by atoms with Gasteiger partial charge < -0.3 is 10.1 Å². The molecule has 8 heteroatoms. The Morgan fingerprint density at radius 3 is 2.90 bits per heavy atom. The van der Waals surface area contributed by atoms with Gasteiger partial charge in [0.15, 0.2) is 0 Å². The van der Waals surface area contributed by atoms with E-state index < -0.39 is 0 Å². The Hall–Kier alpha value is -1.98. The molecule has 1 aromatic carbocycles. The molecule has 2 heterocycles. The van der Waals surface area contributed by atoms with Gasteiger partial charge in [-0.05, 0) is 54.5 Å². The molecule has 1 aliphatic carbocycles. The highest BCUT2D eigenvalue weighted by atomic mass is 35.5. The van der Waals surface area contributed by atoms with Gasteiger partial charge in [-0.25, -0.2) is 0 Å². The number of amides is 1. The van der Waals surface area contributed by atoms with E-state index in [1.165, 1.54) is 22.7 Å². The summed E-state index contributed by atoms with van der Waals surface area (Å²) < 4.78 is 6.89. The second-order valence-corrected chi connectivity index (χ2v) is 10.2. The number of nitriles is 1. The summed E-state index contributed by atoms with van der Waals surface area (Å²) >= 11 is 14.7. The molecule has 0 bridgehead atoms. The van der Waals surface area contributed by atoms with E-state index in [-0.39, 0.29) is 5.91 Å². The van der Waals surface area contributed by atoms with Gasteiger partial charge in [0.25, 0.3) is 5.91 Å². The number of thiophene rings is 1. The Balaban J connectivity index is 1.73. The zero-order chi connectivity index (χ0) is 20.7. The fourth-order valence-corrected chi connectivity index (χ4v) is 6.40. The number of carbonyl (C=O) groups is 1. The highest BCUT2D eigenvalue weighted by Crippen LogP contribution is 2.39. The van der Waals surface area contributed by atoms with Crippen LogP contribution < -0.4 is 10.1 Å². The van der Waals surface area contributed by atoms with Crippen LogP contribution in [0.5, 0.6) is 5.75 Å². The molecular weight excluding hydrogens is 444 g/mol. The molecule has 4 nitrogen and oxygen atoms in total. The Morgan fingerprint density at radius 1 is 1.38 bits per heavy atom. The number of nitrogens with one attached hydrogen (secondary N) is 1. The van der Waals surface area contributed by atoms with E-state index in [1.807, 2.05) is 18.2 Å². The largest absolute Gasteiger partial charge is 0.497 e. The third-order valence-corrected chi connectivity index (χ3v) is 8.27. The quantitative estimate of drug-likeness (QED) is 0.447. The number of ether oxygens (including phenoxy) is 1. The molecule has 0 saturated carbocycles. The molecule has 1 atom stereocenters. The van der Waals surface area contributed by atoms with Crippen LogP contribution in [-0.2, 0) is 12.8 Å². The summed E-state index contributed by atoms with van der Waals surface area (Å²) in [7, 11) is 1.59. The minimum Gasteiger partial charge on any atom is -0.497 e. The molecule has 1 amide bonds. The van der Waals surface area contributed by atoms with Crippen molar-refractivity contribution in [2.24, 2.45) is 5.92 Å². The number of halogens is 1. The van der Waals surface area contributed by atoms with Crippen molar-refractivity contribution in [2.75, 3.05) is 12.4 Å². The third-order valence-electron chi connectivity index (χ3n) is 5.15. The van der Waals surface area contributed by atoms with Crippen molar-refractivity contribution in [2.45, 2.75) is 26.2 Å². The number of rotatable bonds is 3. The van der Waals surface area contributed by atoms with Crippen molar-refractivity contribution in [3.8, 4) is 11.8 Å². The standard InChI is InChI=1S/C21H17ClN2O2S3/c1-10-3-5-12-13(7-10)21(27)29-20(15(12)9-23)24-19(25)18-17(22)14-8-11(26-2)4-6-16(14)28-18/h4,6,8,10H,3,5,7H2,1-2H3,(H,24,25). The maximum Gasteiger partial charge on any atom is 0.267 e. The van der Waals surface area contributed by atoms with Crippen molar-refractivity contribution in [1.82, 2.24) is 0 Å². The predicted octanol–water partition coefficient (Wildman–Crippen LogP) is 6.60. The van der Waals surface area contributed by atoms with Gasteiger partial charge in [-0.2, -0.15) is 5.26 Å². The van der Waals surface area contributed by atoms with Gasteiger partial charge in [0.1, 0.15) is 21.7 Å². The molecule has 3 aromatic rings. The van der Waals surface area contributed by atoms with E-state index in [0.717, 1.165) is 44.3 Å². The fourth-order valence-electron chi connectivity index (χ4n) is 3.63. The highest BCUT2D eigenvalue weighted by molar-refractivity contribution is 7.73. The Labute approximate surface area is 186 Å². The number of anilines is 1. The van der Waals surface area contributed by atoms with Gasteiger partial charge >= 0.3 is 0 Å². The summed E-state index contributed by atoms with van der Waals surface area (Å²) in [6.45, 7) is 2.20. The minimum atomic E-state index is -0.332. The van der Waals surface area contributed by atoms with Crippen molar-refractivity contribution in [1.29, 1.82) is 5.26 Å². The minimum absolute atomic E-state index is 0.332. The molecule has 0 fully saturated rings. The van der Waals surface area contributed by atoms with E-state index in [0.29, 0.717) is 32.1 Å². The first-order valence-corrected chi connectivity index (χ1v) is 11.5. The second-order valence-electron chi connectivity index (χ2n) is 7.07. The Morgan fingerprint density at radius 2 is 2.17 bits per heavy atom. The molecule has 1 unspecified atom stereocenters. The third kappa shape index (κ3) is 3.66. The number of benzene rings is 1. The summed E-state index contributed by atoms with van der Waals surface area (Å²) in [5.41, 5.74) is 2.60. The van der Waals surface area contributed by atoms with Crippen LogP contribution in [0.1, 0.15) is 39.7 Å². The normalized spacial score (nSPS) is 15.6. The topological polar surface area (TPSA) is 62.1 Å². The zero-order valence-electron chi connectivity index (χ0n) is 15.8. The Bertz CT molecular complexity index is 1240. The predicted molar refractivity (Wildman–Crippen MR) is 122 cm³/mol. The van der Waals surface area contributed by atoms with E-state index in [9.17, 15) is 10.1 Å².